The molecule has 0 heterocycles. The molecule has 0 aliphatic heterocycles. The van der Waals surface area contributed by atoms with Gasteiger partial charge < -0.3 is 10.2 Å². The first-order valence-electron chi connectivity index (χ1n) is 7.35. The molecule has 0 aliphatic carbocycles. The fourth-order valence-electron chi connectivity index (χ4n) is 2.26. The van der Waals surface area contributed by atoms with Crippen molar-refractivity contribution in [2.24, 2.45) is 0 Å². The van der Waals surface area contributed by atoms with Crippen LogP contribution in [0.4, 0.5) is 11.4 Å². The number of nitro benzene ring substituents is 1. The van der Waals surface area contributed by atoms with Crippen molar-refractivity contribution >= 4 is 17.3 Å². The summed E-state index contributed by atoms with van der Waals surface area (Å²) >= 11 is 0. The van der Waals surface area contributed by atoms with Gasteiger partial charge in [0.05, 0.1) is 12.0 Å². The average molecular weight is 314 g/mol. The highest BCUT2D eigenvalue weighted by Crippen LogP contribution is 2.11. The van der Waals surface area contributed by atoms with E-state index in [2.05, 4.69) is 5.32 Å². The molecule has 0 radical (unpaired) electrons. The van der Waals surface area contributed by atoms with E-state index >= 15 is 0 Å². The third-order valence-electron chi connectivity index (χ3n) is 3.45. The van der Waals surface area contributed by atoms with Gasteiger partial charge in [-0.15, -0.1) is 0 Å². The van der Waals surface area contributed by atoms with Gasteiger partial charge in [0.2, 0.25) is 0 Å². The second kappa shape index (κ2) is 7.51. The smallest absolute Gasteiger partial charge is 0.279 e. The molecule has 0 spiro atoms. The zero-order chi connectivity index (χ0) is 16.8. The summed E-state index contributed by atoms with van der Waals surface area (Å²) in [6.07, 6.45) is 0. The van der Waals surface area contributed by atoms with E-state index in [1.54, 1.807) is 12.1 Å². The quantitative estimate of drug-likeness (QED) is 0.627. The molecule has 120 valence electrons. The maximum Gasteiger partial charge on any atom is 0.279 e. The van der Waals surface area contributed by atoms with E-state index in [9.17, 15) is 14.9 Å². The Hall–Kier alpha value is -2.73. The van der Waals surface area contributed by atoms with Crippen LogP contribution in [0.15, 0.2) is 48.5 Å². The first-order valence-corrected chi connectivity index (χ1v) is 7.35. The fourth-order valence-corrected chi connectivity index (χ4v) is 2.26. The number of carbonyl (C=O) groups excluding carboxylic acids is 1. The number of carbonyl (C=O) groups is 1. The van der Waals surface area contributed by atoms with Crippen LogP contribution in [0, 0.1) is 17.0 Å². The van der Waals surface area contributed by atoms with Crippen molar-refractivity contribution in [3.8, 4) is 0 Å². The van der Waals surface area contributed by atoms with Crippen molar-refractivity contribution in [2.45, 2.75) is 13.5 Å². The molecule has 0 saturated carbocycles. The first kappa shape index (κ1) is 16.6. The zero-order valence-electron chi connectivity index (χ0n) is 13.2. The van der Waals surface area contributed by atoms with Gasteiger partial charge in [-0.2, -0.15) is 0 Å². The van der Waals surface area contributed by atoms with Crippen molar-refractivity contribution in [1.82, 2.24) is 0 Å². The number of aryl methyl sites for hydroxylation is 1. The van der Waals surface area contributed by atoms with Crippen LogP contribution in [0.3, 0.4) is 0 Å². The molecule has 2 rings (SSSR count). The van der Waals surface area contributed by atoms with Crippen LogP contribution < -0.4 is 10.2 Å². The molecule has 2 aromatic rings. The molecule has 0 saturated heterocycles. The number of hydrogen-bond acceptors (Lipinski definition) is 3. The maximum absolute atomic E-state index is 12.0. The van der Waals surface area contributed by atoms with Crippen LogP contribution in [0.2, 0.25) is 0 Å². The molecule has 1 unspecified atom stereocenters. The van der Waals surface area contributed by atoms with E-state index < -0.39 is 4.92 Å². The normalized spacial score (nSPS) is 11.7. The molecule has 0 bridgehead atoms. The predicted molar refractivity (Wildman–Crippen MR) is 88.4 cm³/mol. The van der Waals surface area contributed by atoms with Gasteiger partial charge in [-0.3, -0.25) is 14.9 Å². The summed E-state index contributed by atoms with van der Waals surface area (Å²) in [5.74, 6) is -0.0618. The van der Waals surface area contributed by atoms with Crippen molar-refractivity contribution in [2.75, 3.05) is 18.9 Å². The van der Waals surface area contributed by atoms with Gasteiger partial charge in [-0.05, 0) is 31.2 Å². The molecular weight excluding hydrogens is 294 g/mol. The number of amides is 1. The summed E-state index contributed by atoms with van der Waals surface area (Å²) in [7, 11) is 1.91. The Morgan fingerprint density at radius 2 is 1.74 bits per heavy atom. The molecule has 0 aromatic heterocycles. The largest absolute Gasteiger partial charge is 0.326 e. The van der Waals surface area contributed by atoms with E-state index in [1.165, 1.54) is 12.1 Å². The summed E-state index contributed by atoms with van der Waals surface area (Å²) in [5, 5.41) is 13.5. The molecule has 1 atom stereocenters. The summed E-state index contributed by atoms with van der Waals surface area (Å²) in [6, 6.07) is 14.0. The highest BCUT2D eigenvalue weighted by molar-refractivity contribution is 5.91. The van der Waals surface area contributed by atoms with Crippen LogP contribution >= 0.6 is 0 Å². The van der Waals surface area contributed by atoms with Gasteiger partial charge in [-0.1, -0.05) is 17.7 Å². The second-order valence-electron chi connectivity index (χ2n) is 5.65. The Balaban J connectivity index is 1.86. The van der Waals surface area contributed by atoms with E-state index in [0.717, 1.165) is 21.7 Å². The third-order valence-corrected chi connectivity index (χ3v) is 3.45. The van der Waals surface area contributed by atoms with Crippen LogP contribution in [0.1, 0.15) is 11.1 Å². The zero-order valence-corrected chi connectivity index (χ0v) is 13.2. The number of rotatable bonds is 6. The molecule has 6 heteroatoms. The van der Waals surface area contributed by atoms with Gasteiger partial charge >= 0.3 is 0 Å². The highest BCUT2D eigenvalue weighted by Gasteiger charge is 2.12. The van der Waals surface area contributed by atoms with Crippen molar-refractivity contribution < 1.29 is 14.6 Å². The number of non-ortho nitro benzene ring substituents is 1. The number of benzene rings is 2. The molecule has 0 aliphatic rings. The van der Waals surface area contributed by atoms with E-state index in [-0.39, 0.29) is 11.6 Å². The van der Waals surface area contributed by atoms with Gasteiger partial charge in [0.15, 0.2) is 6.54 Å². The molecular formula is C17H20N3O3+. The Kier molecular flexibility index (Phi) is 5.43. The molecule has 2 N–H and O–H groups in total. The number of nitrogens with one attached hydrogen (secondary N) is 2. The Bertz CT molecular complexity index is 681. The number of nitro groups is 1. The summed E-state index contributed by atoms with van der Waals surface area (Å²) < 4.78 is 0. The SMILES string of the molecule is Cc1ccc(NC(=O)C[NH+](C)Cc2ccc([N+](=O)[O-])cc2)cc1. The average Bonchev–Trinajstić information content (AvgIpc) is 2.50. The topological polar surface area (TPSA) is 76.7 Å². The van der Waals surface area contributed by atoms with E-state index in [4.69, 9.17) is 0 Å². The lowest BCUT2D eigenvalue weighted by molar-refractivity contribution is -0.885. The highest BCUT2D eigenvalue weighted by atomic mass is 16.6. The van der Waals surface area contributed by atoms with Gasteiger partial charge in [0.1, 0.15) is 6.54 Å². The van der Waals surface area contributed by atoms with Gasteiger partial charge in [0, 0.05) is 23.4 Å². The van der Waals surface area contributed by atoms with Crippen molar-refractivity contribution in [1.29, 1.82) is 0 Å². The Morgan fingerprint density at radius 1 is 1.13 bits per heavy atom. The van der Waals surface area contributed by atoms with Crippen LogP contribution in [-0.2, 0) is 11.3 Å². The third kappa shape index (κ3) is 5.19. The van der Waals surface area contributed by atoms with Crippen LogP contribution in [0.25, 0.3) is 0 Å². The van der Waals surface area contributed by atoms with Crippen LogP contribution in [-0.4, -0.2) is 24.4 Å². The second-order valence-corrected chi connectivity index (χ2v) is 5.65. The standard InChI is InChI=1S/C17H19N3O3/c1-13-3-7-15(8-4-13)18-17(21)12-19(2)11-14-5-9-16(10-6-14)20(22)23/h3-10H,11-12H2,1-2H3,(H,18,21)/p+1. The summed E-state index contributed by atoms with van der Waals surface area (Å²) in [6.45, 7) is 2.94. The van der Waals surface area contributed by atoms with Gasteiger partial charge in [0.25, 0.3) is 11.6 Å². The minimum Gasteiger partial charge on any atom is -0.326 e. The molecule has 23 heavy (non-hydrogen) atoms. The number of nitrogens with zero attached hydrogens (tertiary/aromatic N) is 1. The number of hydrogen-bond donors (Lipinski definition) is 2. The molecule has 2 aromatic carbocycles. The Labute approximate surface area is 134 Å². The first-order chi connectivity index (χ1) is 10.9. The van der Waals surface area contributed by atoms with Crippen molar-refractivity contribution in [3.05, 3.63) is 69.8 Å². The maximum atomic E-state index is 12.0. The molecule has 6 nitrogen and oxygen atoms in total. The van der Waals surface area contributed by atoms with Crippen LogP contribution in [0.5, 0.6) is 0 Å². The van der Waals surface area contributed by atoms with E-state index in [1.807, 2.05) is 38.2 Å². The molecule has 1 amide bonds. The monoisotopic (exact) mass is 314 g/mol. The lowest BCUT2D eigenvalue weighted by Gasteiger charge is -2.14. The fraction of sp³-hybridized carbons (Fsp3) is 0.235. The van der Waals surface area contributed by atoms with Gasteiger partial charge in [-0.25, -0.2) is 0 Å². The predicted octanol–water partition coefficient (Wildman–Crippen LogP) is 1.56. The number of anilines is 1. The van der Waals surface area contributed by atoms with E-state index in [0.29, 0.717) is 13.1 Å². The number of likely N-dealkylation sites (N-methyl/N-ethyl adjacent to an activating group) is 1. The lowest BCUT2D eigenvalue weighted by Crippen LogP contribution is -3.08. The lowest BCUT2D eigenvalue weighted by atomic mass is 10.2. The summed E-state index contributed by atoms with van der Waals surface area (Å²) in [4.78, 5) is 23.2. The molecule has 0 fully saturated rings. The minimum atomic E-state index is -0.421. The minimum absolute atomic E-state index is 0.0618. The number of quaternary nitrogens is 1. The van der Waals surface area contributed by atoms with Crippen molar-refractivity contribution in [3.63, 3.8) is 0 Å². The summed E-state index contributed by atoms with van der Waals surface area (Å²) in [5.41, 5.74) is 2.95. The Morgan fingerprint density at radius 3 is 2.30 bits per heavy atom.